The van der Waals surface area contributed by atoms with Gasteiger partial charge in [0.15, 0.2) is 0 Å². The summed E-state index contributed by atoms with van der Waals surface area (Å²) in [4.78, 5) is 24.6. The van der Waals surface area contributed by atoms with E-state index in [4.69, 9.17) is 9.47 Å². The molecule has 0 radical (unpaired) electrons. The molecule has 0 saturated carbocycles. The van der Waals surface area contributed by atoms with Crippen molar-refractivity contribution in [2.75, 3.05) is 0 Å². The molecule has 1 rings (SSSR count). The third kappa shape index (κ3) is 13.8. The van der Waals surface area contributed by atoms with Gasteiger partial charge in [-0.3, -0.25) is 4.79 Å². The molecular weight excluding hydrogens is 520 g/mol. The molecule has 0 aromatic rings. The van der Waals surface area contributed by atoms with Crippen LogP contribution in [0.1, 0.15) is 74.1 Å². The average Bonchev–Trinajstić information content (AvgIpc) is 2.91. The Morgan fingerprint density at radius 3 is 2.32 bits per heavy atom. The van der Waals surface area contributed by atoms with E-state index in [1.54, 1.807) is 36.5 Å². The van der Waals surface area contributed by atoms with Crippen molar-refractivity contribution < 1.29 is 34.4 Å². The smallest absolute Gasteiger partial charge is 0.331 e. The Morgan fingerprint density at radius 1 is 1.00 bits per heavy atom. The number of carbonyl (C=O) groups excluding carboxylic acids is 2. The maximum Gasteiger partial charge on any atom is 0.331 e. The van der Waals surface area contributed by atoms with Gasteiger partial charge in [-0.15, -0.1) is 0 Å². The third-order valence-electron chi connectivity index (χ3n) is 8.04. The lowest BCUT2D eigenvalue weighted by atomic mass is 9.82. The highest BCUT2D eigenvalue weighted by Crippen LogP contribution is 2.29. The molecule has 1 aliphatic rings. The molecule has 232 valence electrons. The molecular formula is C34H54O7. The van der Waals surface area contributed by atoms with Crippen LogP contribution in [-0.4, -0.2) is 57.8 Å². The highest BCUT2D eigenvalue weighted by atomic mass is 16.5. The number of aliphatic hydroxyl groups excluding tert-OH is 3. The van der Waals surface area contributed by atoms with Crippen molar-refractivity contribution >= 4 is 11.9 Å². The zero-order valence-corrected chi connectivity index (χ0v) is 26.1. The topological polar surface area (TPSA) is 113 Å². The van der Waals surface area contributed by atoms with Crippen LogP contribution < -0.4 is 0 Å². The van der Waals surface area contributed by atoms with Crippen LogP contribution in [0.2, 0.25) is 0 Å². The first kappa shape index (κ1) is 36.5. The summed E-state index contributed by atoms with van der Waals surface area (Å²) in [6.45, 7) is 16.9. The van der Waals surface area contributed by atoms with Gasteiger partial charge in [0.2, 0.25) is 0 Å². The van der Waals surface area contributed by atoms with Crippen molar-refractivity contribution in [3.05, 3.63) is 61.3 Å². The number of hydrogen-bond donors (Lipinski definition) is 3. The summed E-state index contributed by atoms with van der Waals surface area (Å²) in [5, 5.41) is 32.2. The minimum Gasteiger partial charge on any atom is -0.462 e. The molecule has 0 aromatic heterocycles. The van der Waals surface area contributed by atoms with Crippen LogP contribution in [0.4, 0.5) is 0 Å². The minimum absolute atomic E-state index is 0.0402. The SMILES string of the molecule is C=C/C=C\[C@H](C)[C@@H]1OC(=O)/C=C\C=C\[C@@H](C)[C@@H](O)C[C@H](O)/C=C\[C@H](C)[C@H](OC(C)=O)[C@@H](C)C[C@@H](C)CC[C@@H](O)[C@@H]1C. The van der Waals surface area contributed by atoms with Crippen LogP contribution in [0.15, 0.2) is 61.3 Å². The van der Waals surface area contributed by atoms with Crippen LogP contribution in [0.25, 0.3) is 0 Å². The van der Waals surface area contributed by atoms with E-state index in [0.29, 0.717) is 6.42 Å². The maximum absolute atomic E-state index is 12.7. The van der Waals surface area contributed by atoms with E-state index in [0.717, 1.165) is 12.8 Å². The molecule has 0 bridgehead atoms. The van der Waals surface area contributed by atoms with Crippen molar-refractivity contribution in [1.82, 2.24) is 0 Å². The van der Waals surface area contributed by atoms with Gasteiger partial charge in [0.25, 0.3) is 0 Å². The van der Waals surface area contributed by atoms with Gasteiger partial charge in [0.1, 0.15) is 12.2 Å². The summed E-state index contributed by atoms with van der Waals surface area (Å²) in [5.41, 5.74) is 0. The summed E-state index contributed by atoms with van der Waals surface area (Å²) in [7, 11) is 0. The zero-order chi connectivity index (χ0) is 31.1. The summed E-state index contributed by atoms with van der Waals surface area (Å²) in [5.74, 6) is -1.44. The van der Waals surface area contributed by atoms with Crippen LogP contribution in [0.3, 0.4) is 0 Å². The number of esters is 2. The van der Waals surface area contributed by atoms with Crippen molar-refractivity contribution in [2.24, 2.45) is 35.5 Å². The van der Waals surface area contributed by atoms with Gasteiger partial charge in [-0.1, -0.05) is 96.7 Å². The molecule has 41 heavy (non-hydrogen) atoms. The fourth-order valence-corrected chi connectivity index (χ4v) is 5.44. The lowest BCUT2D eigenvalue weighted by Crippen LogP contribution is -2.37. The van der Waals surface area contributed by atoms with Gasteiger partial charge in [-0.05, 0) is 31.1 Å². The molecule has 0 fully saturated rings. The molecule has 0 aliphatic carbocycles. The van der Waals surface area contributed by atoms with Crippen LogP contribution in [0.5, 0.6) is 0 Å². The second-order valence-corrected chi connectivity index (χ2v) is 12.0. The van der Waals surface area contributed by atoms with E-state index in [1.807, 2.05) is 39.8 Å². The summed E-state index contributed by atoms with van der Waals surface area (Å²) in [6, 6.07) is 0. The van der Waals surface area contributed by atoms with Gasteiger partial charge in [-0.2, -0.15) is 0 Å². The Kier molecular flexibility index (Phi) is 16.8. The second-order valence-electron chi connectivity index (χ2n) is 12.0. The number of aliphatic hydroxyl groups is 3. The molecule has 3 N–H and O–H groups in total. The van der Waals surface area contributed by atoms with Gasteiger partial charge in [-0.25, -0.2) is 4.79 Å². The van der Waals surface area contributed by atoms with Gasteiger partial charge < -0.3 is 24.8 Å². The highest BCUT2D eigenvalue weighted by Gasteiger charge is 2.32. The fraction of sp³-hybridized carbons (Fsp3) is 0.647. The molecule has 0 spiro atoms. The lowest BCUT2D eigenvalue weighted by molar-refractivity contribution is -0.151. The number of allylic oxidation sites excluding steroid dienone is 4. The molecule has 0 saturated heterocycles. The van der Waals surface area contributed by atoms with Gasteiger partial charge >= 0.3 is 11.9 Å². The molecule has 7 heteroatoms. The fourth-order valence-electron chi connectivity index (χ4n) is 5.44. The Balaban J connectivity index is 3.28. The van der Waals surface area contributed by atoms with E-state index < -0.39 is 30.4 Å². The quantitative estimate of drug-likeness (QED) is 0.224. The van der Waals surface area contributed by atoms with Crippen LogP contribution in [0, 0.1) is 35.5 Å². The standard InChI is InChI=1S/C34H54O7/c1-9-10-13-24(4)34-27(7)30(37)19-16-22(2)20-26(6)33(40-28(8)35)25(5)17-18-29(36)21-31(38)23(3)14-11-12-15-32(39)41-34/h9-15,17-18,22-27,29-31,33-34,36-38H,1,16,19-21H2,2-8H3/b13-10-,14-11+,15-12-,18-17-/t22-,23+,24-,25-,26-,27-,29+,30+,31-,33-,34-/m0/s1. The summed E-state index contributed by atoms with van der Waals surface area (Å²) >= 11 is 0. The molecule has 0 amide bonds. The second kappa shape index (κ2) is 18.9. The third-order valence-corrected chi connectivity index (χ3v) is 8.04. The van der Waals surface area contributed by atoms with Gasteiger partial charge in [0, 0.05) is 43.1 Å². The normalized spacial score (nSPS) is 38.4. The van der Waals surface area contributed by atoms with Crippen LogP contribution in [-0.2, 0) is 19.1 Å². The summed E-state index contributed by atoms with van der Waals surface area (Å²) < 4.78 is 11.5. The molecule has 11 atom stereocenters. The molecule has 0 unspecified atom stereocenters. The highest BCUT2D eigenvalue weighted by molar-refractivity contribution is 5.82. The van der Waals surface area contributed by atoms with Gasteiger partial charge in [0.05, 0.1) is 18.3 Å². The average molecular weight is 575 g/mol. The van der Waals surface area contributed by atoms with E-state index >= 15 is 0 Å². The van der Waals surface area contributed by atoms with Crippen molar-refractivity contribution in [3.63, 3.8) is 0 Å². The number of carbonyl (C=O) groups is 2. The van der Waals surface area contributed by atoms with Crippen molar-refractivity contribution in [2.45, 2.75) is 105 Å². The first-order chi connectivity index (χ1) is 19.3. The number of rotatable bonds is 4. The molecule has 7 nitrogen and oxygen atoms in total. The monoisotopic (exact) mass is 574 g/mol. The minimum atomic E-state index is -0.864. The zero-order valence-electron chi connectivity index (χ0n) is 26.1. The summed E-state index contributed by atoms with van der Waals surface area (Å²) in [6.07, 6.45) is 14.2. The Labute approximate surface area is 247 Å². The number of cyclic esters (lactones) is 1. The predicted octanol–water partition coefficient (Wildman–Crippen LogP) is 5.71. The largest absolute Gasteiger partial charge is 0.462 e. The number of ether oxygens (including phenoxy) is 2. The maximum atomic E-state index is 12.7. The Hall–Kier alpha value is -2.48. The first-order valence-corrected chi connectivity index (χ1v) is 15.0. The molecule has 1 heterocycles. The molecule has 0 aromatic carbocycles. The molecule has 1 aliphatic heterocycles. The Morgan fingerprint density at radius 2 is 1.68 bits per heavy atom. The van der Waals surface area contributed by atoms with E-state index in [-0.39, 0.29) is 54.0 Å². The van der Waals surface area contributed by atoms with Crippen LogP contribution >= 0.6 is 0 Å². The Bertz CT molecular complexity index is 920. The van der Waals surface area contributed by atoms with Crippen molar-refractivity contribution in [3.8, 4) is 0 Å². The van der Waals surface area contributed by atoms with Crippen molar-refractivity contribution in [1.29, 1.82) is 0 Å². The lowest BCUT2D eigenvalue weighted by Gasteiger charge is -2.32. The predicted molar refractivity (Wildman–Crippen MR) is 164 cm³/mol. The first-order valence-electron chi connectivity index (χ1n) is 15.0. The number of hydrogen-bond acceptors (Lipinski definition) is 7. The van der Waals surface area contributed by atoms with E-state index in [1.165, 1.54) is 13.0 Å². The van der Waals surface area contributed by atoms with E-state index in [2.05, 4.69) is 20.4 Å². The van der Waals surface area contributed by atoms with E-state index in [9.17, 15) is 24.9 Å².